The van der Waals surface area contributed by atoms with E-state index in [1.54, 1.807) is 0 Å². The number of hydrogen-bond donors (Lipinski definition) is 10. The van der Waals surface area contributed by atoms with E-state index in [0.717, 1.165) is 63.5 Å². The number of β-amino-alcohol motifs (C(OH)–C–C–N with tert-alkyl or cyclic N) is 1. The number of hydrazine groups is 3. The molecule has 0 aromatic carbocycles. The Bertz CT molecular complexity index is 1480. The number of rotatable bonds is 19. The van der Waals surface area contributed by atoms with Gasteiger partial charge in [-0.25, -0.2) is 15.4 Å². The molecule has 5 saturated heterocycles. The third kappa shape index (κ3) is 13.1. The van der Waals surface area contributed by atoms with Gasteiger partial charge in [-0.2, -0.15) is 5.53 Å². The van der Waals surface area contributed by atoms with Crippen LogP contribution in [0.25, 0.3) is 0 Å². The van der Waals surface area contributed by atoms with Crippen molar-refractivity contribution < 1.29 is 24.2 Å². The number of carbonyl (C=O) groups excluding carboxylic acids is 3. The molecule has 360 valence electrons. The van der Waals surface area contributed by atoms with Crippen LogP contribution >= 0.6 is 11.8 Å². The zero-order chi connectivity index (χ0) is 44.7. The normalized spacial score (nSPS) is 36.0. The zero-order valence-corrected chi connectivity index (χ0v) is 40.1. The predicted molar refractivity (Wildman–Crippen MR) is 247 cm³/mol. The number of thioether (sulfide) groups is 1. The summed E-state index contributed by atoms with van der Waals surface area (Å²) < 4.78 is 5.80. The fourth-order valence-electron chi connectivity index (χ4n) is 11.6. The standard InChI is InChI=1S/C45H84N12O5S/c1-7-30(8-2)36-21-39(57-38(51-36)15-16-49-57)50-33-14-13-32(19-33)46-23-34-24-55(54-53-34)17-18-62-26-40(59)52-42(45(4,5)6)44(61)56-25-35(58)20-37(56)43(60)47-22-29-9-11-31(12-10-29)41-28(3)48-27-63-41/h28-39,41-42,46,48-51,53-54,58H,7-27H2,1-6H3,(H,47,60)(H,52,59)/t28?,29?,31?,32-,33-,34?,35+,36?,37-,38?,39?,41?,42+/m0/s1. The molecule has 18 heteroatoms. The van der Waals surface area contributed by atoms with Gasteiger partial charge in [0.05, 0.1) is 25.0 Å². The molecule has 0 radical (unpaired) electrons. The van der Waals surface area contributed by atoms with Gasteiger partial charge in [0.2, 0.25) is 17.7 Å². The van der Waals surface area contributed by atoms with Crippen molar-refractivity contribution in [2.45, 2.75) is 185 Å². The van der Waals surface area contributed by atoms with Crippen LogP contribution in [0.15, 0.2) is 0 Å². The summed E-state index contributed by atoms with van der Waals surface area (Å²) in [7, 11) is 0. The van der Waals surface area contributed by atoms with Gasteiger partial charge >= 0.3 is 0 Å². The van der Waals surface area contributed by atoms with E-state index in [1.807, 2.05) is 32.5 Å². The Morgan fingerprint density at radius 2 is 1.73 bits per heavy atom. The lowest BCUT2D eigenvalue weighted by Crippen LogP contribution is -2.66. The first-order chi connectivity index (χ1) is 30.3. The van der Waals surface area contributed by atoms with Crippen molar-refractivity contribution in [3.8, 4) is 0 Å². The predicted octanol–water partition coefficient (Wildman–Crippen LogP) is 0.924. The van der Waals surface area contributed by atoms with Crippen molar-refractivity contribution in [1.82, 2.24) is 63.2 Å². The van der Waals surface area contributed by atoms with Gasteiger partial charge in [-0.1, -0.05) is 47.5 Å². The van der Waals surface area contributed by atoms with Crippen molar-refractivity contribution in [1.29, 1.82) is 0 Å². The summed E-state index contributed by atoms with van der Waals surface area (Å²) in [5, 5.41) is 37.2. The van der Waals surface area contributed by atoms with E-state index in [2.05, 4.69) is 79.1 Å². The van der Waals surface area contributed by atoms with Crippen LogP contribution < -0.4 is 48.3 Å². The number of ether oxygens (including phenoxy) is 1. The third-order valence-corrected chi connectivity index (χ3v) is 16.9. The molecule has 0 spiro atoms. The van der Waals surface area contributed by atoms with Crippen LogP contribution in [0.5, 0.6) is 0 Å². The lowest BCUT2D eigenvalue weighted by molar-refractivity contribution is -0.144. The Hall–Kier alpha value is -1.68. The lowest BCUT2D eigenvalue weighted by atomic mass is 9.79. The minimum Gasteiger partial charge on any atom is -0.391 e. The second-order valence-electron chi connectivity index (χ2n) is 21.0. The minimum atomic E-state index is -0.885. The van der Waals surface area contributed by atoms with E-state index in [-0.39, 0.29) is 43.3 Å². The lowest BCUT2D eigenvalue weighted by Gasteiger charge is -2.45. The van der Waals surface area contributed by atoms with E-state index in [0.29, 0.717) is 73.3 Å². The van der Waals surface area contributed by atoms with Crippen LogP contribution in [-0.2, 0) is 19.1 Å². The molecule has 0 aromatic rings. The fourth-order valence-corrected chi connectivity index (χ4v) is 13.1. The summed E-state index contributed by atoms with van der Waals surface area (Å²) in [6.07, 6.45) is 12.9. The van der Waals surface area contributed by atoms with Gasteiger partial charge in [-0.05, 0) is 87.9 Å². The number of nitrogens with one attached hydrogen (secondary N) is 9. The topological polar surface area (TPSA) is 199 Å². The molecular formula is C45H84N12O5S. The highest BCUT2D eigenvalue weighted by molar-refractivity contribution is 8.00. The van der Waals surface area contributed by atoms with Gasteiger partial charge in [-0.15, -0.1) is 11.8 Å². The van der Waals surface area contributed by atoms with Crippen LogP contribution in [-0.4, -0.2) is 162 Å². The highest BCUT2D eigenvalue weighted by Crippen LogP contribution is 2.39. The summed E-state index contributed by atoms with van der Waals surface area (Å²) in [6, 6.07) is 0.703. The number of amides is 3. The van der Waals surface area contributed by atoms with Crippen molar-refractivity contribution in [2.75, 3.05) is 58.4 Å². The second-order valence-corrected chi connectivity index (χ2v) is 22.2. The zero-order valence-electron chi connectivity index (χ0n) is 39.3. The van der Waals surface area contributed by atoms with Crippen molar-refractivity contribution >= 4 is 29.5 Å². The highest BCUT2D eigenvalue weighted by Gasteiger charge is 2.45. The second kappa shape index (κ2) is 22.9. The summed E-state index contributed by atoms with van der Waals surface area (Å²) >= 11 is 2.04. The molecule has 7 aliphatic rings. The first-order valence-electron chi connectivity index (χ1n) is 24.8. The van der Waals surface area contributed by atoms with Crippen LogP contribution in [0.3, 0.4) is 0 Å². The Morgan fingerprint density at radius 1 is 0.952 bits per heavy atom. The van der Waals surface area contributed by atoms with Crippen LogP contribution in [0.2, 0.25) is 0 Å². The molecule has 5 heterocycles. The summed E-state index contributed by atoms with van der Waals surface area (Å²) in [6.45, 7) is 16.7. The fraction of sp³-hybridized carbons (Fsp3) is 0.933. The van der Waals surface area contributed by atoms with E-state index < -0.39 is 23.6 Å². The van der Waals surface area contributed by atoms with Crippen molar-refractivity contribution in [3.05, 3.63) is 0 Å². The molecule has 7 fully saturated rings. The molecule has 0 aromatic heterocycles. The smallest absolute Gasteiger partial charge is 0.246 e. The summed E-state index contributed by atoms with van der Waals surface area (Å²) in [5.74, 6) is 1.91. The maximum absolute atomic E-state index is 14.1. The Labute approximate surface area is 381 Å². The SMILES string of the molecule is CCC(CC)C1CC(N[C@H]2CC[C@H](NCC3CN(CCOCC(=O)N[C@H](C(=O)N4C[C@H](O)C[C@H]4C(=O)NCC4CCC(C5SCNC5C)CC4)C(C)(C)C)NN3)C2)N2NCCC2N1. The molecule has 6 unspecified atom stereocenters. The quantitative estimate of drug-likeness (QED) is 0.0822. The number of likely N-dealkylation sites (tertiary alicyclic amines) is 1. The molecule has 63 heavy (non-hydrogen) atoms. The van der Waals surface area contributed by atoms with Crippen molar-refractivity contribution in [3.63, 3.8) is 0 Å². The molecule has 2 aliphatic carbocycles. The molecule has 5 aliphatic heterocycles. The average Bonchev–Trinajstić information content (AvgIpc) is 4.12. The number of aliphatic hydroxyl groups is 1. The van der Waals surface area contributed by atoms with Gasteiger partial charge in [-0.3, -0.25) is 30.4 Å². The summed E-state index contributed by atoms with van der Waals surface area (Å²) in [4.78, 5) is 42.3. The molecule has 0 bridgehead atoms. The van der Waals surface area contributed by atoms with E-state index in [9.17, 15) is 19.5 Å². The van der Waals surface area contributed by atoms with E-state index in [1.165, 1.54) is 43.4 Å². The Morgan fingerprint density at radius 3 is 2.46 bits per heavy atom. The summed E-state index contributed by atoms with van der Waals surface area (Å²) in [5.41, 5.74) is 9.66. The van der Waals surface area contributed by atoms with Gasteiger partial charge in [0, 0.05) is 87.0 Å². The number of aliphatic hydroxyl groups excluding tert-OH is 1. The first-order valence-corrected chi connectivity index (χ1v) is 25.9. The van der Waals surface area contributed by atoms with Crippen LogP contribution in [0.4, 0.5) is 0 Å². The van der Waals surface area contributed by atoms with E-state index in [4.69, 9.17) is 4.74 Å². The monoisotopic (exact) mass is 905 g/mol. The average molecular weight is 905 g/mol. The number of fused-ring (bicyclic) bond motifs is 1. The third-order valence-electron chi connectivity index (χ3n) is 15.4. The molecule has 10 N–H and O–H groups in total. The Balaban J connectivity index is 0.777. The minimum absolute atomic E-state index is 0.0622. The molecule has 11 atom stereocenters. The largest absolute Gasteiger partial charge is 0.391 e. The molecule has 17 nitrogen and oxygen atoms in total. The maximum Gasteiger partial charge on any atom is 0.246 e. The maximum atomic E-state index is 14.1. The van der Waals surface area contributed by atoms with Gasteiger partial charge in [0.15, 0.2) is 0 Å². The van der Waals surface area contributed by atoms with E-state index >= 15 is 0 Å². The van der Waals surface area contributed by atoms with Gasteiger partial charge in [0.25, 0.3) is 0 Å². The van der Waals surface area contributed by atoms with Gasteiger partial charge < -0.3 is 36.0 Å². The molecule has 2 saturated carbocycles. The number of nitrogens with zero attached hydrogens (tertiary/aromatic N) is 3. The van der Waals surface area contributed by atoms with Crippen LogP contribution in [0, 0.1) is 23.2 Å². The highest BCUT2D eigenvalue weighted by atomic mass is 32.2. The molecule has 3 amide bonds. The number of carbonyl (C=O) groups is 3. The van der Waals surface area contributed by atoms with Crippen molar-refractivity contribution in [2.24, 2.45) is 23.2 Å². The Kier molecular flexibility index (Phi) is 17.9. The number of hydrogen-bond acceptors (Lipinski definition) is 15. The molecular weight excluding hydrogens is 821 g/mol. The van der Waals surface area contributed by atoms with Crippen LogP contribution in [0.1, 0.15) is 119 Å². The first kappa shape index (κ1) is 49.2. The van der Waals surface area contributed by atoms with Gasteiger partial charge in [0.1, 0.15) is 18.7 Å². The molecule has 7 rings (SSSR count).